The van der Waals surface area contributed by atoms with E-state index >= 15 is 0 Å². The van der Waals surface area contributed by atoms with Crippen LogP contribution < -0.4 is 5.32 Å². The second-order valence-electron chi connectivity index (χ2n) is 7.17. The first kappa shape index (κ1) is 16.2. The molecular weight excluding hydrogens is 369 g/mol. The minimum atomic E-state index is -0.349. The lowest BCUT2D eigenvalue weighted by Gasteiger charge is -2.09. The SMILES string of the molecule is Cn1cc(F)c2c(-c3cnc4c(c3)CCN4)nc(-n3cnc4ccccc43)nc21. The summed E-state index contributed by atoms with van der Waals surface area (Å²) >= 11 is 0. The molecule has 5 aromatic rings. The van der Waals surface area contributed by atoms with Crippen LogP contribution in [0.3, 0.4) is 0 Å². The third-order valence-corrected chi connectivity index (χ3v) is 5.35. The summed E-state index contributed by atoms with van der Waals surface area (Å²) in [6, 6.07) is 9.81. The summed E-state index contributed by atoms with van der Waals surface area (Å²) in [6.45, 7) is 0.858. The number of halogens is 1. The van der Waals surface area contributed by atoms with E-state index in [0.717, 1.165) is 40.9 Å². The molecule has 4 aromatic heterocycles. The number of pyridine rings is 1. The van der Waals surface area contributed by atoms with Crippen molar-refractivity contribution in [2.75, 3.05) is 11.9 Å². The highest BCUT2D eigenvalue weighted by Crippen LogP contribution is 2.32. The molecule has 0 radical (unpaired) electrons. The van der Waals surface area contributed by atoms with Crippen molar-refractivity contribution in [3.63, 3.8) is 0 Å². The fourth-order valence-electron chi connectivity index (χ4n) is 3.95. The van der Waals surface area contributed by atoms with Gasteiger partial charge in [0.1, 0.15) is 17.8 Å². The van der Waals surface area contributed by atoms with Gasteiger partial charge in [0, 0.05) is 31.5 Å². The number of aryl methyl sites for hydroxylation is 1. The predicted molar refractivity (Wildman–Crippen MR) is 109 cm³/mol. The van der Waals surface area contributed by atoms with Gasteiger partial charge in [0.05, 0.1) is 22.1 Å². The molecule has 1 aliphatic rings. The number of hydrogen-bond acceptors (Lipinski definition) is 5. The van der Waals surface area contributed by atoms with Crippen LogP contribution in [-0.2, 0) is 13.5 Å². The van der Waals surface area contributed by atoms with Crippen molar-refractivity contribution in [1.82, 2.24) is 29.1 Å². The molecule has 1 N–H and O–H groups in total. The smallest absolute Gasteiger partial charge is 0.238 e. The molecule has 1 aliphatic heterocycles. The van der Waals surface area contributed by atoms with Crippen LogP contribution in [0.4, 0.5) is 10.2 Å². The lowest BCUT2D eigenvalue weighted by molar-refractivity contribution is 0.633. The van der Waals surface area contributed by atoms with Gasteiger partial charge in [-0.3, -0.25) is 4.57 Å². The normalized spacial score (nSPS) is 13.2. The minimum Gasteiger partial charge on any atom is -0.370 e. The molecule has 8 heteroatoms. The van der Waals surface area contributed by atoms with Gasteiger partial charge in [-0.2, -0.15) is 4.98 Å². The van der Waals surface area contributed by atoms with Gasteiger partial charge in [-0.1, -0.05) is 12.1 Å². The van der Waals surface area contributed by atoms with E-state index in [-0.39, 0.29) is 5.82 Å². The van der Waals surface area contributed by atoms with Gasteiger partial charge in [-0.25, -0.2) is 19.3 Å². The maximum atomic E-state index is 14.8. The Labute approximate surface area is 164 Å². The largest absolute Gasteiger partial charge is 0.370 e. The molecule has 7 nitrogen and oxygen atoms in total. The second-order valence-corrected chi connectivity index (χ2v) is 7.17. The van der Waals surface area contributed by atoms with Crippen molar-refractivity contribution >= 4 is 27.9 Å². The fraction of sp³-hybridized carbons (Fsp3) is 0.143. The molecule has 0 bridgehead atoms. The Kier molecular flexibility index (Phi) is 3.26. The summed E-state index contributed by atoms with van der Waals surface area (Å²) in [6.07, 6.45) is 5.75. The summed E-state index contributed by atoms with van der Waals surface area (Å²) in [5, 5.41) is 3.65. The zero-order chi connectivity index (χ0) is 19.5. The summed E-state index contributed by atoms with van der Waals surface area (Å²) in [5.41, 5.74) is 4.68. The van der Waals surface area contributed by atoms with Gasteiger partial charge in [-0.15, -0.1) is 0 Å². The summed E-state index contributed by atoms with van der Waals surface area (Å²) in [7, 11) is 1.78. The van der Waals surface area contributed by atoms with E-state index in [1.165, 1.54) is 6.20 Å². The molecule has 0 aliphatic carbocycles. The Balaban J connectivity index is 1.65. The van der Waals surface area contributed by atoms with Crippen LogP contribution in [0.1, 0.15) is 5.56 Å². The van der Waals surface area contributed by atoms with Crippen molar-refractivity contribution in [2.24, 2.45) is 7.05 Å². The monoisotopic (exact) mass is 385 g/mol. The molecular formula is C21H16FN7. The first-order valence-corrected chi connectivity index (χ1v) is 9.37. The van der Waals surface area contributed by atoms with E-state index < -0.39 is 0 Å². The number of imidazole rings is 1. The van der Waals surface area contributed by atoms with Crippen molar-refractivity contribution in [3.05, 3.63) is 60.4 Å². The van der Waals surface area contributed by atoms with E-state index in [4.69, 9.17) is 4.98 Å². The zero-order valence-corrected chi connectivity index (χ0v) is 15.6. The highest BCUT2D eigenvalue weighted by atomic mass is 19.1. The number of rotatable bonds is 2. The van der Waals surface area contributed by atoms with Crippen molar-refractivity contribution in [3.8, 4) is 17.2 Å². The highest BCUT2D eigenvalue weighted by Gasteiger charge is 2.21. The van der Waals surface area contributed by atoms with Crippen LogP contribution in [0.25, 0.3) is 39.3 Å². The number of hydrogen-bond donors (Lipinski definition) is 1. The maximum absolute atomic E-state index is 14.8. The minimum absolute atomic E-state index is 0.349. The molecule has 0 amide bonds. The number of nitrogens with one attached hydrogen (secondary N) is 1. The number of anilines is 1. The van der Waals surface area contributed by atoms with Gasteiger partial charge < -0.3 is 9.88 Å². The Morgan fingerprint density at radius 3 is 2.97 bits per heavy atom. The summed E-state index contributed by atoms with van der Waals surface area (Å²) in [5.74, 6) is 0.979. The van der Waals surface area contributed by atoms with E-state index in [0.29, 0.717) is 22.7 Å². The van der Waals surface area contributed by atoms with E-state index in [2.05, 4.69) is 20.3 Å². The molecule has 142 valence electrons. The average molecular weight is 385 g/mol. The molecule has 0 unspecified atom stereocenters. The lowest BCUT2D eigenvalue weighted by Crippen LogP contribution is -2.04. The van der Waals surface area contributed by atoms with Crippen LogP contribution in [0.2, 0.25) is 0 Å². The third kappa shape index (κ3) is 2.35. The van der Waals surface area contributed by atoms with E-state index in [1.807, 2.05) is 34.9 Å². The molecule has 0 fully saturated rings. The number of benzene rings is 1. The fourth-order valence-corrected chi connectivity index (χ4v) is 3.95. The zero-order valence-electron chi connectivity index (χ0n) is 15.6. The van der Waals surface area contributed by atoms with Crippen molar-refractivity contribution < 1.29 is 4.39 Å². The Morgan fingerprint density at radius 2 is 2.03 bits per heavy atom. The van der Waals surface area contributed by atoms with Crippen LogP contribution in [-0.4, -0.2) is 35.6 Å². The van der Waals surface area contributed by atoms with Crippen LogP contribution >= 0.6 is 0 Å². The van der Waals surface area contributed by atoms with Crippen LogP contribution in [0, 0.1) is 5.82 Å². The Morgan fingerprint density at radius 1 is 1.14 bits per heavy atom. The first-order chi connectivity index (χ1) is 14.2. The molecule has 29 heavy (non-hydrogen) atoms. The molecule has 6 rings (SSSR count). The Hall–Kier alpha value is -3.81. The topological polar surface area (TPSA) is 73.5 Å². The molecule has 5 heterocycles. The molecule has 0 atom stereocenters. The predicted octanol–water partition coefficient (Wildman–Crippen LogP) is 3.48. The second kappa shape index (κ2) is 5.84. The highest BCUT2D eigenvalue weighted by molar-refractivity contribution is 5.92. The molecule has 0 spiro atoms. The van der Waals surface area contributed by atoms with Crippen LogP contribution in [0.5, 0.6) is 0 Å². The van der Waals surface area contributed by atoms with Gasteiger partial charge >= 0.3 is 0 Å². The first-order valence-electron chi connectivity index (χ1n) is 9.37. The third-order valence-electron chi connectivity index (χ3n) is 5.35. The van der Waals surface area contributed by atoms with E-state index in [9.17, 15) is 4.39 Å². The Bertz CT molecular complexity index is 1420. The van der Waals surface area contributed by atoms with Gasteiger partial charge in [0.25, 0.3) is 0 Å². The number of para-hydroxylation sites is 2. The van der Waals surface area contributed by atoms with Crippen molar-refractivity contribution in [2.45, 2.75) is 6.42 Å². The summed E-state index contributed by atoms with van der Waals surface area (Å²) < 4.78 is 18.3. The molecule has 0 saturated carbocycles. The standard InChI is InChI=1S/C21H16FN7/c1-28-10-14(22)17-18(13-8-12-6-7-23-19(12)24-9-13)26-21(27-20(17)28)29-11-25-15-4-2-3-5-16(15)29/h2-5,8-11H,6-7H2,1H3,(H,23,24). The van der Waals surface area contributed by atoms with E-state index in [1.54, 1.807) is 24.1 Å². The summed E-state index contributed by atoms with van der Waals surface area (Å²) in [4.78, 5) is 18.3. The number of aromatic nitrogens is 6. The maximum Gasteiger partial charge on any atom is 0.238 e. The van der Waals surface area contributed by atoms with Gasteiger partial charge in [0.15, 0.2) is 5.82 Å². The number of nitrogens with zero attached hydrogens (tertiary/aromatic N) is 6. The lowest BCUT2D eigenvalue weighted by atomic mass is 10.1. The number of fused-ring (bicyclic) bond motifs is 3. The molecule has 1 aromatic carbocycles. The quantitative estimate of drug-likeness (QED) is 0.504. The van der Waals surface area contributed by atoms with Crippen LogP contribution in [0.15, 0.2) is 49.1 Å². The molecule has 0 saturated heterocycles. The van der Waals surface area contributed by atoms with Crippen molar-refractivity contribution in [1.29, 1.82) is 0 Å². The average Bonchev–Trinajstić information content (AvgIpc) is 3.44. The van der Waals surface area contributed by atoms with Gasteiger partial charge in [0.2, 0.25) is 5.95 Å². The van der Waals surface area contributed by atoms with Gasteiger partial charge in [-0.05, 0) is 30.2 Å².